The molecule has 0 aliphatic heterocycles. The van der Waals surface area contributed by atoms with E-state index in [1.165, 1.54) is 26.2 Å². The predicted octanol–water partition coefficient (Wildman–Crippen LogP) is 5.58. The van der Waals surface area contributed by atoms with Crippen LogP contribution in [0.1, 0.15) is 55.2 Å². The van der Waals surface area contributed by atoms with Crippen LogP contribution in [-0.2, 0) is 16.1 Å². The fraction of sp³-hybridized carbons (Fsp3) is 0.387. The van der Waals surface area contributed by atoms with Crippen LogP contribution in [0.15, 0.2) is 48.9 Å². The third-order valence-electron chi connectivity index (χ3n) is 8.35. The molecule has 0 radical (unpaired) electrons. The van der Waals surface area contributed by atoms with Crippen molar-refractivity contribution in [2.24, 2.45) is 11.3 Å². The fourth-order valence-electron chi connectivity index (χ4n) is 6.48. The van der Waals surface area contributed by atoms with Gasteiger partial charge in [0.1, 0.15) is 23.9 Å². The second-order valence-corrected chi connectivity index (χ2v) is 11.9. The Kier molecular flexibility index (Phi) is 7.57. The number of nitrogens with one attached hydrogen (secondary N) is 1. The van der Waals surface area contributed by atoms with Gasteiger partial charge in [-0.3, -0.25) is 14.3 Å². The number of halogens is 2. The number of nitrogens with zero attached hydrogens (tertiary/aromatic N) is 4. The highest BCUT2D eigenvalue weighted by Gasteiger charge is 2.52. The lowest BCUT2D eigenvalue weighted by atomic mass is 9.49. The second-order valence-electron chi connectivity index (χ2n) is 11.4. The molecule has 2 aromatic carbocycles. The molecule has 4 aromatic rings. The van der Waals surface area contributed by atoms with Crippen molar-refractivity contribution in [3.05, 3.63) is 71.2 Å². The molecule has 218 valence electrons. The Morgan fingerprint density at radius 3 is 2.55 bits per heavy atom. The van der Waals surface area contributed by atoms with Gasteiger partial charge in [-0.2, -0.15) is 5.10 Å². The number of methoxy groups -OCH3 is 1. The SMILES string of the molecule is COc1cc(F)cc(-c2cnc(Cn3ncc4cc(Cl)cc(C(=O)NC5CC6(CC(CCOC(C)=O)C6)C5)c43)nc2)c1. The monoisotopic (exact) mass is 591 g/mol. The molecule has 2 fully saturated rings. The van der Waals surface area contributed by atoms with Crippen molar-refractivity contribution in [1.82, 2.24) is 25.1 Å². The van der Waals surface area contributed by atoms with Crippen LogP contribution in [0, 0.1) is 17.2 Å². The molecule has 0 unspecified atom stereocenters. The predicted molar refractivity (Wildman–Crippen MR) is 155 cm³/mol. The van der Waals surface area contributed by atoms with Crippen molar-refractivity contribution in [2.45, 2.75) is 51.6 Å². The summed E-state index contributed by atoms with van der Waals surface area (Å²) in [6.07, 6.45) is 9.94. The highest BCUT2D eigenvalue weighted by molar-refractivity contribution is 6.32. The Morgan fingerprint density at radius 2 is 1.83 bits per heavy atom. The summed E-state index contributed by atoms with van der Waals surface area (Å²) in [5.41, 5.74) is 2.66. The third kappa shape index (κ3) is 5.81. The van der Waals surface area contributed by atoms with E-state index in [-0.39, 0.29) is 24.5 Å². The molecule has 2 aromatic heterocycles. The molecule has 11 heteroatoms. The zero-order chi connectivity index (χ0) is 29.4. The summed E-state index contributed by atoms with van der Waals surface area (Å²) in [7, 11) is 1.48. The summed E-state index contributed by atoms with van der Waals surface area (Å²) >= 11 is 6.38. The summed E-state index contributed by atoms with van der Waals surface area (Å²) in [5.74, 6) is 0.641. The number of ether oxygens (including phenoxy) is 2. The van der Waals surface area contributed by atoms with Gasteiger partial charge in [0.05, 0.1) is 31.0 Å². The van der Waals surface area contributed by atoms with Crippen molar-refractivity contribution >= 4 is 34.4 Å². The van der Waals surface area contributed by atoms with Gasteiger partial charge in [-0.25, -0.2) is 14.4 Å². The second kappa shape index (κ2) is 11.3. The van der Waals surface area contributed by atoms with E-state index in [9.17, 15) is 14.0 Å². The fourth-order valence-corrected chi connectivity index (χ4v) is 6.71. The van der Waals surface area contributed by atoms with Crippen molar-refractivity contribution in [1.29, 1.82) is 0 Å². The van der Waals surface area contributed by atoms with Crippen LogP contribution in [0.5, 0.6) is 5.75 Å². The molecule has 2 aliphatic carbocycles. The molecule has 9 nitrogen and oxygen atoms in total. The van der Waals surface area contributed by atoms with Gasteiger partial charge < -0.3 is 14.8 Å². The normalized spacial score (nSPS) is 21.0. The number of fused-ring (bicyclic) bond motifs is 1. The number of carbonyl (C=O) groups is 2. The first kappa shape index (κ1) is 28.1. The number of hydrogen-bond acceptors (Lipinski definition) is 7. The minimum absolute atomic E-state index is 0.106. The zero-order valence-corrected chi connectivity index (χ0v) is 24.2. The number of hydrogen-bond donors (Lipinski definition) is 1. The van der Waals surface area contributed by atoms with Gasteiger partial charge in [0.2, 0.25) is 0 Å². The van der Waals surface area contributed by atoms with Crippen LogP contribution in [0.3, 0.4) is 0 Å². The maximum Gasteiger partial charge on any atom is 0.302 e. The van der Waals surface area contributed by atoms with Crippen LogP contribution in [0.2, 0.25) is 5.02 Å². The van der Waals surface area contributed by atoms with Crippen molar-refractivity contribution in [3.8, 4) is 16.9 Å². The average Bonchev–Trinajstić information content (AvgIpc) is 3.31. The van der Waals surface area contributed by atoms with Gasteiger partial charge in [0.15, 0.2) is 0 Å². The smallest absolute Gasteiger partial charge is 0.302 e. The van der Waals surface area contributed by atoms with Crippen LogP contribution in [0.25, 0.3) is 22.0 Å². The molecule has 1 N–H and O–H groups in total. The van der Waals surface area contributed by atoms with E-state index in [0.29, 0.717) is 56.7 Å². The minimum Gasteiger partial charge on any atom is -0.497 e. The third-order valence-corrected chi connectivity index (χ3v) is 8.57. The van der Waals surface area contributed by atoms with Gasteiger partial charge >= 0.3 is 5.97 Å². The van der Waals surface area contributed by atoms with E-state index >= 15 is 0 Å². The Hall–Kier alpha value is -4.05. The number of carbonyl (C=O) groups excluding carboxylic acids is 2. The standard InChI is InChI=1S/C31H31ClFN5O4/c1-18(39)42-4-3-19-10-31(11-19)12-25(13-31)37-30(40)27-8-23(32)5-21-16-36-38(29(21)27)17-28-34-14-22(15-35-28)20-6-24(33)9-26(7-20)41-2/h5-9,14-16,19,25H,3-4,10-13,17H2,1-2H3,(H,37,40). The molecule has 2 aliphatic rings. The first-order chi connectivity index (χ1) is 20.2. The van der Waals surface area contributed by atoms with Gasteiger partial charge in [0.25, 0.3) is 5.91 Å². The quantitative estimate of drug-likeness (QED) is 0.253. The molecule has 0 saturated heterocycles. The summed E-state index contributed by atoms with van der Waals surface area (Å²) in [6, 6.07) is 7.98. The van der Waals surface area contributed by atoms with Crippen molar-refractivity contribution < 1.29 is 23.5 Å². The van der Waals surface area contributed by atoms with Gasteiger partial charge in [-0.15, -0.1) is 0 Å². The van der Waals surface area contributed by atoms with E-state index in [1.807, 2.05) is 0 Å². The lowest BCUT2D eigenvalue weighted by Crippen LogP contribution is -2.56. The maximum absolute atomic E-state index is 14.0. The Balaban J connectivity index is 1.12. The first-order valence-electron chi connectivity index (χ1n) is 14.0. The molecule has 1 spiro atoms. The number of benzene rings is 2. The maximum atomic E-state index is 14.0. The molecular formula is C31H31ClFN5O4. The lowest BCUT2D eigenvalue weighted by Gasteiger charge is -2.58. The number of amides is 1. The molecule has 1 amide bonds. The van der Waals surface area contributed by atoms with E-state index in [4.69, 9.17) is 21.1 Å². The Morgan fingerprint density at radius 1 is 1.07 bits per heavy atom. The first-order valence-corrected chi connectivity index (χ1v) is 14.3. The zero-order valence-electron chi connectivity index (χ0n) is 23.4. The number of aromatic nitrogens is 4. The highest BCUT2D eigenvalue weighted by Crippen LogP contribution is 2.59. The van der Waals surface area contributed by atoms with Gasteiger partial charge in [-0.05, 0) is 73.3 Å². The molecule has 42 heavy (non-hydrogen) atoms. The topological polar surface area (TPSA) is 108 Å². The Labute approximate surface area is 247 Å². The van der Waals surface area contributed by atoms with Crippen molar-refractivity contribution in [3.63, 3.8) is 0 Å². The summed E-state index contributed by atoms with van der Waals surface area (Å²) in [5, 5.41) is 8.88. The van der Waals surface area contributed by atoms with Crippen LogP contribution >= 0.6 is 11.6 Å². The van der Waals surface area contributed by atoms with E-state index in [1.54, 1.807) is 41.5 Å². The molecular weight excluding hydrogens is 561 g/mol. The summed E-state index contributed by atoms with van der Waals surface area (Å²) in [4.78, 5) is 33.4. The van der Waals surface area contributed by atoms with Gasteiger partial charge in [-0.1, -0.05) is 11.6 Å². The molecule has 0 bridgehead atoms. The van der Waals surface area contributed by atoms with Crippen molar-refractivity contribution in [2.75, 3.05) is 13.7 Å². The van der Waals surface area contributed by atoms with E-state index in [2.05, 4.69) is 20.4 Å². The largest absolute Gasteiger partial charge is 0.497 e. The van der Waals surface area contributed by atoms with Crippen LogP contribution < -0.4 is 10.1 Å². The number of esters is 1. The highest BCUT2D eigenvalue weighted by atomic mass is 35.5. The molecule has 2 saturated carbocycles. The summed E-state index contributed by atoms with van der Waals surface area (Å²) < 4.78 is 25.9. The number of rotatable bonds is 9. The van der Waals surface area contributed by atoms with E-state index < -0.39 is 5.82 Å². The molecule has 6 rings (SSSR count). The van der Waals surface area contributed by atoms with Crippen LogP contribution in [0.4, 0.5) is 4.39 Å². The van der Waals surface area contributed by atoms with E-state index in [0.717, 1.165) is 37.5 Å². The average molecular weight is 592 g/mol. The Bertz CT molecular complexity index is 1640. The van der Waals surface area contributed by atoms with Crippen LogP contribution in [-0.4, -0.2) is 51.4 Å². The molecule has 2 heterocycles. The lowest BCUT2D eigenvalue weighted by molar-refractivity contribution is -0.142. The summed E-state index contributed by atoms with van der Waals surface area (Å²) in [6.45, 7) is 2.15. The molecule has 0 atom stereocenters. The minimum atomic E-state index is -0.411. The van der Waals surface area contributed by atoms with Gasteiger partial charge in [0, 0.05) is 47.4 Å².